The largest absolute Gasteiger partial charge is 0.330 e. The summed E-state index contributed by atoms with van der Waals surface area (Å²) in [6.07, 6.45) is 0. The van der Waals surface area contributed by atoms with Gasteiger partial charge in [-0.1, -0.05) is 61.0 Å². The molecule has 2 aromatic carbocycles. The average molecular weight is 286 g/mol. The number of carbonyl (C=O) groups excluding carboxylic acids is 1. The lowest BCUT2D eigenvalue weighted by Gasteiger charge is -2.46. The molecule has 1 amide bonds. The Bertz CT molecular complexity index is 609. The Kier molecular flexibility index (Phi) is 3.49. The minimum atomic E-state index is 0.0416. The number of β-lactam (4-membered cyclic amide) rings is 1. The van der Waals surface area contributed by atoms with Crippen LogP contribution in [-0.4, -0.2) is 10.8 Å². The van der Waals surface area contributed by atoms with Crippen molar-refractivity contribution in [3.63, 3.8) is 0 Å². The van der Waals surface area contributed by atoms with Crippen LogP contribution in [0.2, 0.25) is 5.02 Å². The third-order valence-corrected chi connectivity index (χ3v) is 4.14. The van der Waals surface area contributed by atoms with E-state index in [1.807, 2.05) is 54.3 Å². The zero-order chi connectivity index (χ0) is 14.1. The van der Waals surface area contributed by atoms with Gasteiger partial charge in [0.25, 0.3) is 0 Å². The van der Waals surface area contributed by atoms with E-state index in [4.69, 9.17) is 11.6 Å². The minimum Gasteiger partial charge on any atom is -0.330 e. The molecular weight excluding hydrogens is 270 g/mol. The lowest BCUT2D eigenvalue weighted by molar-refractivity contribution is -0.156. The number of amides is 1. The van der Waals surface area contributed by atoms with Crippen molar-refractivity contribution in [1.29, 1.82) is 0 Å². The van der Waals surface area contributed by atoms with Crippen molar-refractivity contribution in [2.24, 2.45) is 5.92 Å². The summed E-state index contributed by atoms with van der Waals surface area (Å²) < 4.78 is 0. The maximum absolute atomic E-state index is 12.1. The molecule has 20 heavy (non-hydrogen) atoms. The molecule has 0 aliphatic carbocycles. The monoisotopic (exact) mass is 285 g/mol. The van der Waals surface area contributed by atoms with Crippen LogP contribution < -0.4 is 0 Å². The van der Waals surface area contributed by atoms with Gasteiger partial charge in [-0.05, 0) is 23.3 Å². The van der Waals surface area contributed by atoms with E-state index >= 15 is 0 Å². The first kappa shape index (κ1) is 13.2. The zero-order valence-electron chi connectivity index (χ0n) is 11.3. The molecule has 0 bridgehead atoms. The Morgan fingerprint density at radius 3 is 2.35 bits per heavy atom. The van der Waals surface area contributed by atoms with Crippen LogP contribution in [0.15, 0.2) is 54.6 Å². The molecule has 1 aliphatic rings. The summed E-state index contributed by atoms with van der Waals surface area (Å²) in [4.78, 5) is 14.1. The molecule has 1 aliphatic heterocycles. The van der Waals surface area contributed by atoms with E-state index < -0.39 is 0 Å². The van der Waals surface area contributed by atoms with Gasteiger partial charge in [0, 0.05) is 11.6 Å². The van der Waals surface area contributed by atoms with Gasteiger partial charge in [0.05, 0.1) is 12.0 Å². The van der Waals surface area contributed by atoms with E-state index in [-0.39, 0.29) is 17.9 Å². The summed E-state index contributed by atoms with van der Waals surface area (Å²) in [5.74, 6) is 0.258. The SMILES string of the molecule is CC1C(=O)N(Cc2ccccc2)C1c1ccc(Cl)cc1. The summed E-state index contributed by atoms with van der Waals surface area (Å²) in [5.41, 5.74) is 2.31. The zero-order valence-corrected chi connectivity index (χ0v) is 12.0. The molecule has 2 atom stereocenters. The predicted molar refractivity (Wildman–Crippen MR) is 80.3 cm³/mol. The number of benzene rings is 2. The third kappa shape index (κ3) is 2.32. The summed E-state index contributed by atoms with van der Waals surface area (Å²) in [5, 5.41) is 0.724. The standard InChI is InChI=1S/C17H16ClNO/c1-12-16(14-7-9-15(18)10-8-14)19(17(12)20)11-13-5-3-2-4-6-13/h2-10,12,16H,11H2,1H3. The second kappa shape index (κ2) is 5.29. The molecule has 2 unspecified atom stereocenters. The van der Waals surface area contributed by atoms with Crippen molar-refractivity contribution in [2.75, 3.05) is 0 Å². The van der Waals surface area contributed by atoms with Crippen LogP contribution in [0.4, 0.5) is 0 Å². The smallest absolute Gasteiger partial charge is 0.228 e. The minimum absolute atomic E-state index is 0.0416. The lowest BCUT2D eigenvalue weighted by atomic mass is 9.83. The number of hydrogen-bond donors (Lipinski definition) is 0. The molecule has 1 saturated heterocycles. The van der Waals surface area contributed by atoms with Gasteiger partial charge in [-0.3, -0.25) is 4.79 Å². The van der Waals surface area contributed by atoms with E-state index in [9.17, 15) is 4.79 Å². The lowest BCUT2D eigenvalue weighted by Crippen LogP contribution is -2.52. The van der Waals surface area contributed by atoms with Crippen LogP contribution >= 0.6 is 11.6 Å². The Balaban J connectivity index is 1.82. The first-order valence-corrected chi connectivity index (χ1v) is 7.14. The van der Waals surface area contributed by atoms with Crippen molar-refractivity contribution < 1.29 is 4.79 Å². The second-order valence-corrected chi connectivity index (χ2v) is 5.67. The van der Waals surface area contributed by atoms with Crippen molar-refractivity contribution in [3.05, 3.63) is 70.7 Å². The Labute approximate surface area is 124 Å². The van der Waals surface area contributed by atoms with Crippen molar-refractivity contribution in [2.45, 2.75) is 19.5 Å². The quantitative estimate of drug-likeness (QED) is 0.779. The fourth-order valence-electron chi connectivity index (χ4n) is 2.81. The summed E-state index contributed by atoms with van der Waals surface area (Å²) >= 11 is 5.93. The Morgan fingerprint density at radius 1 is 1.05 bits per heavy atom. The molecule has 0 saturated carbocycles. The van der Waals surface area contributed by atoms with Gasteiger partial charge in [0.2, 0.25) is 5.91 Å². The van der Waals surface area contributed by atoms with Crippen LogP contribution in [0.1, 0.15) is 24.1 Å². The predicted octanol–water partition coefficient (Wildman–Crippen LogP) is 4.06. The molecule has 0 radical (unpaired) electrons. The highest BCUT2D eigenvalue weighted by atomic mass is 35.5. The van der Waals surface area contributed by atoms with Crippen LogP contribution in [-0.2, 0) is 11.3 Å². The normalized spacial score (nSPS) is 21.7. The molecule has 0 spiro atoms. The molecule has 0 N–H and O–H groups in total. The van der Waals surface area contributed by atoms with E-state index in [1.165, 1.54) is 0 Å². The van der Waals surface area contributed by atoms with Crippen molar-refractivity contribution in [1.82, 2.24) is 4.90 Å². The molecule has 3 rings (SSSR count). The molecular formula is C17H16ClNO. The highest BCUT2D eigenvalue weighted by Gasteiger charge is 2.44. The Morgan fingerprint density at radius 2 is 1.70 bits per heavy atom. The van der Waals surface area contributed by atoms with E-state index in [2.05, 4.69) is 12.1 Å². The van der Waals surface area contributed by atoms with Crippen molar-refractivity contribution >= 4 is 17.5 Å². The maximum atomic E-state index is 12.1. The summed E-state index contributed by atoms with van der Waals surface area (Å²) in [6, 6.07) is 18.0. The summed E-state index contributed by atoms with van der Waals surface area (Å²) in [7, 11) is 0. The first-order chi connectivity index (χ1) is 9.66. The van der Waals surface area contributed by atoms with Crippen LogP contribution in [0.25, 0.3) is 0 Å². The van der Waals surface area contributed by atoms with Gasteiger partial charge in [-0.2, -0.15) is 0 Å². The number of hydrogen-bond acceptors (Lipinski definition) is 1. The molecule has 2 aromatic rings. The molecule has 102 valence electrons. The topological polar surface area (TPSA) is 20.3 Å². The molecule has 0 aromatic heterocycles. The number of likely N-dealkylation sites (tertiary alicyclic amines) is 1. The third-order valence-electron chi connectivity index (χ3n) is 3.89. The maximum Gasteiger partial charge on any atom is 0.228 e. The highest BCUT2D eigenvalue weighted by Crippen LogP contribution is 2.40. The van der Waals surface area contributed by atoms with E-state index in [0.29, 0.717) is 6.54 Å². The van der Waals surface area contributed by atoms with Gasteiger partial charge >= 0.3 is 0 Å². The molecule has 2 nitrogen and oxygen atoms in total. The van der Waals surface area contributed by atoms with Gasteiger partial charge in [0.15, 0.2) is 0 Å². The second-order valence-electron chi connectivity index (χ2n) is 5.24. The fourth-order valence-corrected chi connectivity index (χ4v) is 2.93. The highest BCUT2D eigenvalue weighted by molar-refractivity contribution is 6.30. The number of rotatable bonds is 3. The van der Waals surface area contributed by atoms with Crippen LogP contribution in [0, 0.1) is 5.92 Å². The van der Waals surface area contributed by atoms with Gasteiger partial charge in [-0.25, -0.2) is 0 Å². The number of nitrogens with zero attached hydrogens (tertiary/aromatic N) is 1. The number of carbonyl (C=O) groups is 1. The van der Waals surface area contributed by atoms with E-state index in [0.717, 1.165) is 16.1 Å². The van der Waals surface area contributed by atoms with Crippen molar-refractivity contribution in [3.8, 4) is 0 Å². The first-order valence-electron chi connectivity index (χ1n) is 6.76. The Hall–Kier alpha value is -1.80. The van der Waals surface area contributed by atoms with Crippen LogP contribution in [0.5, 0.6) is 0 Å². The summed E-state index contributed by atoms with van der Waals surface area (Å²) in [6.45, 7) is 2.65. The van der Waals surface area contributed by atoms with E-state index in [1.54, 1.807) is 0 Å². The molecule has 1 fully saturated rings. The molecule has 3 heteroatoms. The van der Waals surface area contributed by atoms with Gasteiger partial charge in [-0.15, -0.1) is 0 Å². The number of halogens is 1. The van der Waals surface area contributed by atoms with Crippen LogP contribution in [0.3, 0.4) is 0 Å². The average Bonchev–Trinajstić information content (AvgIpc) is 2.49. The van der Waals surface area contributed by atoms with Gasteiger partial charge in [0.1, 0.15) is 0 Å². The van der Waals surface area contributed by atoms with Gasteiger partial charge < -0.3 is 4.90 Å². The molecule has 1 heterocycles. The fraction of sp³-hybridized carbons (Fsp3) is 0.235.